The van der Waals surface area contributed by atoms with Gasteiger partial charge in [-0.2, -0.15) is 0 Å². The molecule has 0 fully saturated rings. The van der Waals surface area contributed by atoms with Crippen molar-refractivity contribution in [1.82, 2.24) is 0 Å². The van der Waals surface area contributed by atoms with E-state index >= 15 is 0 Å². The van der Waals surface area contributed by atoms with E-state index in [-0.39, 0.29) is 35.5 Å². The molecule has 1 heterocycles. The van der Waals surface area contributed by atoms with Crippen LogP contribution >= 0.6 is 0 Å². The summed E-state index contributed by atoms with van der Waals surface area (Å²) in [7, 11) is 0. The van der Waals surface area contributed by atoms with E-state index in [9.17, 15) is 14.7 Å². The van der Waals surface area contributed by atoms with Crippen molar-refractivity contribution < 1.29 is 44.3 Å². The number of carbonyl (C=O) groups excluding carboxylic acids is 2. The Hall–Kier alpha value is -1.62. The van der Waals surface area contributed by atoms with E-state index in [1.54, 1.807) is 36.1 Å². The molecule has 0 unspecified atom stereocenters. The Morgan fingerprint density at radius 2 is 1.77 bits per heavy atom. The number of hydrogen-bond donors (Lipinski definition) is 0. The van der Waals surface area contributed by atoms with Gasteiger partial charge in [0.15, 0.2) is 0 Å². The topological polar surface area (TPSA) is 60.4 Å². The van der Waals surface area contributed by atoms with E-state index in [1.807, 2.05) is 24.3 Å². The number of amides is 1. The average Bonchev–Trinajstić information content (AvgIpc) is 2.84. The molecule has 0 aromatic heterocycles. The Kier molecular flexibility index (Phi) is 5.06. The molecule has 22 heavy (non-hydrogen) atoms. The van der Waals surface area contributed by atoms with E-state index < -0.39 is 11.9 Å². The zero-order chi connectivity index (χ0) is 15.0. The molecule has 5 heteroatoms. The maximum Gasteiger partial charge on any atom is 1.00 e. The van der Waals surface area contributed by atoms with Gasteiger partial charge in [-0.1, -0.05) is 37.3 Å². The zero-order valence-corrected chi connectivity index (χ0v) is 14.6. The first-order chi connectivity index (χ1) is 10.1. The molecule has 0 N–H and O–H groups in total. The molecule has 2 aromatic carbocycles. The quantitative estimate of drug-likeness (QED) is 0.663. The van der Waals surface area contributed by atoms with Crippen molar-refractivity contribution in [3.63, 3.8) is 0 Å². The minimum absolute atomic E-state index is 0. The normalized spacial score (nSPS) is 14.2. The molecule has 106 valence electrons. The van der Waals surface area contributed by atoms with Crippen LogP contribution in [0, 0.1) is 0 Å². The Morgan fingerprint density at radius 1 is 1.14 bits per heavy atom. The van der Waals surface area contributed by atoms with Crippen LogP contribution in [-0.2, 0) is 11.3 Å². The number of carbonyl (C=O) groups is 2. The molecule has 0 spiro atoms. The van der Waals surface area contributed by atoms with Gasteiger partial charge in [-0.3, -0.25) is 4.79 Å². The van der Waals surface area contributed by atoms with Crippen LogP contribution < -0.4 is 39.6 Å². The Morgan fingerprint density at radius 3 is 2.36 bits per heavy atom. The summed E-state index contributed by atoms with van der Waals surface area (Å²) in [6.45, 7) is 2.13. The van der Waals surface area contributed by atoms with Gasteiger partial charge in [-0.25, -0.2) is 0 Å². The maximum atomic E-state index is 12.3. The second kappa shape index (κ2) is 6.65. The van der Waals surface area contributed by atoms with E-state index in [0.717, 1.165) is 16.8 Å². The number of aliphatic carboxylic acids is 1. The molecule has 1 amide bonds. The molecule has 0 saturated heterocycles. The summed E-state index contributed by atoms with van der Waals surface area (Å²) in [5.74, 6) is -1.79. The van der Waals surface area contributed by atoms with Crippen LogP contribution in [0.3, 0.4) is 0 Å². The van der Waals surface area contributed by atoms with Crippen molar-refractivity contribution in [3.05, 3.63) is 65.2 Å². The number of rotatable bonds is 3. The summed E-state index contributed by atoms with van der Waals surface area (Å²) >= 11 is 0. The molecular formula is C17H14NNaO3. The van der Waals surface area contributed by atoms with Crippen LogP contribution in [0.1, 0.15) is 34.3 Å². The molecule has 2 aromatic rings. The number of nitrogens with zero attached hydrogens (tertiary/aromatic N) is 1. The number of fused-ring (bicyclic) bond motifs is 1. The molecular weight excluding hydrogens is 289 g/mol. The molecule has 0 radical (unpaired) electrons. The smallest absolute Gasteiger partial charge is 0.550 e. The second-order valence-electron chi connectivity index (χ2n) is 5.18. The molecule has 1 atom stereocenters. The Labute approximate surface area is 151 Å². The number of benzene rings is 2. The zero-order valence-electron chi connectivity index (χ0n) is 12.6. The fraction of sp³-hybridized carbons (Fsp3) is 0.176. The summed E-state index contributed by atoms with van der Waals surface area (Å²) in [6.07, 6.45) is 0. The second-order valence-corrected chi connectivity index (χ2v) is 5.18. The number of hydrogen-bond acceptors (Lipinski definition) is 3. The van der Waals surface area contributed by atoms with E-state index in [4.69, 9.17) is 0 Å². The molecule has 1 aliphatic rings. The van der Waals surface area contributed by atoms with Gasteiger partial charge in [0.25, 0.3) is 5.91 Å². The fourth-order valence-corrected chi connectivity index (χ4v) is 2.54. The minimum Gasteiger partial charge on any atom is -0.550 e. The van der Waals surface area contributed by atoms with E-state index in [0.29, 0.717) is 12.1 Å². The van der Waals surface area contributed by atoms with Gasteiger partial charge in [0.05, 0.1) is 6.54 Å². The summed E-state index contributed by atoms with van der Waals surface area (Å²) in [5.41, 5.74) is 3.17. The first-order valence-electron chi connectivity index (χ1n) is 6.78. The monoisotopic (exact) mass is 303 g/mol. The SMILES string of the molecule is C[C@@H](C(=O)[O-])c1ccc(N2Cc3ccccc3C2=O)cc1.[Na+]. The molecule has 3 rings (SSSR count). The Bertz CT molecular complexity index is 712. The predicted octanol–water partition coefficient (Wildman–Crippen LogP) is -1.30. The first-order valence-corrected chi connectivity index (χ1v) is 6.78. The van der Waals surface area contributed by atoms with Gasteiger partial charge in [0.1, 0.15) is 0 Å². The third-order valence-electron chi connectivity index (χ3n) is 3.88. The third-order valence-corrected chi connectivity index (χ3v) is 3.88. The maximum absolute atomic E-state index is 12.3. The van der Waals surface area contributed by atoms with E-state index in [1.165, 1.54) is 0 Å². The number of anilines is 1. The van der Waals surface area contributed by atoms with Crippen LogP contribution in [-0.4, -0.2) is 11.9 Å². The number of carboxylic acid groups (broad SMARTS) is 1. The van der Waals surface area contributed by atoms with Crippen molar-refractivity contribution in [2.24, 2.45) is 0 Å². The molecule has 1 aliphatic heterocycles. The standard InChI is InChI=1S/C17H15NO3.Na/c1-11(17(20)21)12-6-8-14(9-7-12)18-10-13-4-2-3-5-15(13)16(18)19;/h2-9,11H,10H2,1H3,(H,20,21);/q;+1/p-1/t11-;/m1./s1. The largest absolute Gasteiger partial charge is 1.00 e. The van der Waals surface area contributed by atoms with Gasteiger partial charge in [0.2, 0.25) is 0 Å². The average molecular weight is 303 g/mol. The Balaban J connectivity index is 0.00000176. The van der Waals surface area contributed by atoms with Crippen molar-refractivity contribution in [3.8, 4) is 0 Å². The van der Waals surface area contributed by atoms with Crippen molar-refractivity contribution in [2.75, 3.05) is 4.90 Å². The molecule has 0 aliphatic carbocycles. The minimum atomic E-state index is -1.10. The first kappa shape index (κ1) is 16.7. The third kappa shape index (κ3) is 2.95. The van der Waals surface area contributed by atoms with Gasteiger partial charge < -0.3 is 14.8 Å². The van der Waals surface area contributed by atoms with Crippen LogP contribution in [0.15, 0.2) is 48.5 Å². The fourth-order valence-electron chi connectivity index (χ4n) is 2.54. The number of carboxylic acids is 1. The van der Waals surface area contributed by atoms with E-state index in [2.05, 4.69) is 0 Å². The predicted molar refractivity (Wildman–Crippen MR) is 76.8 cm³/mol. The summed E-state index contributed by atoms with van der Waals surface area (Å²) in [6, 6.07) is 14.5. The van der Waals surface area contributed by atoms with Crippen LogP contribution in [0.5, 0.6) is 0 Å². The molecule has 0 saturated carbocycles. The van der Waals surface area contributed by atoms with Crippen LogP contribution in [0.25, 0.3) is 0 Å². The van der Waals surface area contributed by atoms with Crippen LogP contribution in [0.2, 0.25) is 0 Å². The summed E-state index contributed by atoms with van der Waals surface area (Å²) < 4.78 is 0. The van der Waals surface area contributed by atoms with Gasteiger partial charge in [-0.15, -0.1) is 0 Å². The van der Waals surface area contributed by atoms with Crippen molar-refractivity contribution in [2.45, 2.75) is 19.4 Å². The van der Waals surface area contributed by atoms with Gasteiger partial charge in [0, 0.05) is 23.1 Å². The van der Waals surface area contributed by atoms with Crippen molar-refractivity contribution in [1.29, 1.82) is 0 Å². The summed E-state index contributed by atoms with van der Waals surface area (Å²) in [4.78, 5) is 24.9. The molecule has 4 nitrogen and oxygen atoms in total. The van der Waals surface area contributed by atoms with Gasteiger partial charge in [-0.05, 0) is 29.3 Å². The van der Waals surface area contributed by atoms with Crippen molar-refractivity contribution >= 4 is 17.6 Å². The summed E-state index contributed by atoms with van der Waals surface area (Å²) in [5, 5.41) is 10.9. The molecule has 0 bridgehead atoms. The van der Waals surface area contributed by atoms with Gasteiger partial charge >= 0.3 is 29.6 Å². The van der Waals surface area contributed by atoms with Crippen LogP contribution in [0.4, 0.5) is 5.69 Å².